The predicted octanol–water partition coefficient (Wildman–Crippen LogP) is 9.79. The maximum atomic E-state index is 10.7. The SMILES string of the molecule is CC(=N)N1C(=N)CN=C(c2ccc(Cl)cc2)c2c1sc(C)c2C.CCn1c2ccc(CNCCOCCOCCOCCOCCNC(C)=O)cc2c2ccc(-c3cc(C)cs3)cc21. The number of thiophene rings is 2. The molecule has 0 spiro atoms. The lowest BCUT2D eigenvalue weighted by atomic mass is 10.00. The molecule has 64 heavy (non-hydrogen) atoms. The number of amides is 1. The van der Waals surface area contributed by atoms with Gasteiger partial charge >= 0.3 is 0 Å². The van der Waals surface area contributed by atoms with Crippen LogP contribution in [0.5, 0.6) is 0 Å². The fraction of sp³-hybridized carbons (Fsp3) is 0.388. The summed E-state index contributed by atoms with van der Waals surface area (Å²) in [5.41, 5.74) is 10.5. The molecule has 4 heterocycles. The van der Waals surface area contributed by atoms with Gasteiger partial charge in [-0.1, -0.05) is 41.9 Å². The summed E-state index contributed by atoms with van der Waals surface area (Å²) < 4.78 is 24.5. The van der Waals surface area contributed by atoms with Gasteiger partial charge in [0.25, 0.3) is 0 Å². The zero-order valence-corrected chi connectivity index (χ0v) is 40.1. The molecular weight excluding hydrogens is 866 g/mol. The number of anilines is 1. The number of fused-ring (bicyclic) bond motifs is 4. The number of amidine groups is 2. The number of carbonyl (C=O) groups excluding carboxylic acids is 1. The molecule has 0 saturated carbocycles. The molecule has 3 aromatic heterocycles. The molecule has 4 N–H and O–H groups in total. The Morgan fingerprint density at radius 1 is 0.812 bits per heavy atom. The number of aryl methyl sites for hydroxylation is 3. The molecule has 0 aliphatic carbocycles. The number of hydrogen-bond donors (Lipinski definition) is 4. The van der Waals surface area contributed by atoms with Crippen LogP contribution in [0, 0.1) is 31.6 Å². The average molecular weight is 927 g/mol. The lowest BCUT2D eigenvalue weighted by Gasteiger charge is -2.21. The number of aromatic nitrogens is 1. The number of nitrogens with one attached hydrogen (secondary N) is 4. The van der Waals surface area contributed by atoms with Crippen LogP contribution in [-0.4, -0.2) is 100 Å². The van der Waals surface area contributed by atoms with Crippen molar-refractivity contribution in [3.8, 4) is 10.4 Å². The number of rotatable bonds is 20. The molecule has 6 aromatic rings. The molecule has 0 bridgehead atoms. The average Bonchev–Trinajstić information content (AvgIpc) is 3.91. The molecule has 12 nitrogen and oxygen atoms in total. The number of nitrogens with zero attached hydrogens (tertiary/aromatic N) is 3. The Labute approximate surface area is 389 Å². The van der Waals surface area contributed by atoms with Crippen molar-refractivity contribution in [1.82, 2.24) is 15.2 Å². The summed E-state index contributed by atoms with van der Waals surface area (Å²) in [5.74, 6) is 0.612. The van der Waals surface area contributed by atoms with Gasteiger partial charge in [-0.3, -0.25) is 25.5 Å². The Balaban J connectivity index is 0.000000249. The van der Waals surface area contributed by atoms with Crippen LogP contribution in [-0.2, 0) is 36.8 Å². The molecule has 1 amide bonds. The molecule has 0 radical (unpaired) electrons. The van der Waals surface area contributed by atoms with Gasteiger partial charge in [-0.2, -0.15) is 0 Å². The quantitative estimate of drug-likeness (QED) is 0.0339. The standard InChI is InChI=1S/C32H43N3O5S.C17H17ClN4S/c1-4-35-30-8-5-26(20-29(30)28-7-6-27(21-31(28)35)32-19-24(2)23-41-32)22-33-9-11-37-13-15-39-17-18-40-16-14-38-12-10-34-25(3)36;1-9-10(2)23-17-15(9)16(12-4-6-13(18)7-5-12)21-8-14(20)22(17)11(3)19/h5-8,19-21,23,33H,4,9-18,22H2,1-3H3,(H,34,36);4-7,19-20H,8H2,1-3H3. The molecule has 3 aromatic carbocycles. The predicted molar refractivity (Wildman–Crippen MR) is 266 cm³/mol. The second-order valence-corrected chi connectivity index (χ2v) is 18.0. The van der Waals surface area contributed by atoms with Crippen molar-refractivity contribution in [2.75, 3.05) is 77.4 Å². The minimum atomic E-state index is -0.0496. The summed E-state index contributed by atoms with van der Waals surface area (Å²) in [7, 11) is 0. The summed E-state index contributed by atoms with van der Waals surface area (Å²) >= 11 is 9.41. The zero-order chi connectivity index (χ0) is 45.6. The fourth-order valence-corrected chi connectivity index (χ4v) is 9.70. The highest BCUT2D eigenvalue weighted by atomic mass is 35.5. The number of hydrogen-bond acceptors (Lipinski definition) is 11. The van der Waals surface area contributed by atoms with Crippen LogP contribution >= 0.6 is 34.3 Å². The first-order valence-electron chi connectivity index (χ1n) is 21.7. The van der Waals surface area contributed by atoms with Crippen molar-refractivity contribution < 1.29 is 23.7 Å². The maximum Gasteiger partial charge on any atom is 0.216 e. The second-order valence-electron chi connectivity index (χ2n) is 15.4. The molecule has 1 aliphatic heterocycles. The number of benzene rings is 3. The third kappa shape index (κ3) is 12.7. The molecule has 1 aliphatic rings. The molecule has 15 heteroatoms. The second kappa shape index (κ2) is 24.0. The number of halogens is 1. The summed E-state index contributed by atoms with van der Waals surface area (Å²) in [6.07, 6.45) is 0. The van der Waals surface area contributed by atoms with E-state index >= 15 is 0 Å². The van der Waals surface area contributed by atoms with Crippen molar-refractivity contribution in [2.24, 2.45) is 4.99 Å². The molecular formula is C49H60ClN7O5S2. The highest BCUT2D eigenvalue weighted by molar-refractivity contribution is 7.17. The van der Waals surface area contributed by atoms with Crippen LogP contribution in [0.25, 0.3) is 32.2 Å². The van der Waals surface area contributed by atoms with Gasteiger partial charge in [-0.15, -0.1) is 22.7 Å². The monoisotopic (exact) mass is 925 g/mol. The summed E-state index contributed by atoms with van der Waals surface area (Å²) in [4.78, 5) is 19.6. The van der Waals surface area contributed by atoms with E-state index in [4.69, 9.17) is 41.4 Å². The minimum absolute atomic E-state index is 0.0496. The topological polar surface area (TPSA) is 146 Å². The first-order chi connectivity index (χ1) is 31.0. The molecule has 0 unspecified atom stereocenters. The van der Waals surface area contributed by atoms with Crippen molar-refractivity contribution in [3.05, 3.63) is 110 Å². The van der Waals surface area contributed by atoms with E-state index in [1.165, 1.54) is 55.2 Å². The number of aliphatic imine (C=N–C) groups is 1. The Bertz CT molecular complexity index is 2560. The van der Waals surface area contributed by atoms with Crippen LogP contribution in [0.1, 0.15) is 53.5 Å². The van der Waals surface area contributed by atoms with Crippen LogP contribution in [0.3, 0.4) is 0 Å². The minimum Gasteiger partial charge on any atom is -0.378 e. The van der Waals surface area contributed by atoms with Gasteiger partial charge in [0.1, 0.15) is 16.7 Å². The molecule has 7 rings (SSSR count). The maximum absolute atomic E-state index is 10.7. The highest BCUT2D eigenvalue weighted by Gasteiger charge is 2.29. The Morgan fingerprint density at radius 2 is 1.47 bits per heavy atom. The van der Waals surface area contributed by atoms with Crippen molar-refractivity contribution in [3.63, 3.8) is 0 Å². The van der Waals surface area contributed by atoms with E-state index in [0.29, 0.717) is 76.1 Å². The van der Waals surface area contributed by atoms with Gasteiger partial charge in [-0.25, -0.2) is 0 Å². The summed E-state index contributed by atoms with van der Waals surface area (Å²) in [6, 6.07) is 23.5. The van der Waals surface area contributed by atoms with Crippen LogP contribution in [0.4, 0.5) is 5.00 Å². The van der Waals surface area contributed by atoms with E-state index in [1.807, 2.05) is 24.3 Å². The largest absolute Gasteiger partial charge is 0.378 e. The Kier molecular flexibility index (Phi) is 18.2. The molecule has 0 atom stereocenters. The number of ether oxygens (including phenoxy) is 4. The van der Waals surface area contributed by atoms with Gasteiger partial charge in [-0.05, 0) is 98.7 Å². The van der Waals surface area contributed by atoms with E-state index in [-0.39, 0.29) is 12.5 Å². The third-order valence-electron chi connectivity index (χ3n) is 10.7. The first kappa shape index (κ1) is 48.7. The van der Waals surface area contributed by atoms with E-state index in [0.717, 1.165) is 47.0 Å². The van der Waals surface area contributed by atoms with Crippen LogP contribution in [0.15, 0.2) is 77.1 Å². The first-order valence-corrected chi connectivity index (χ1v) is 23.7. The van der Waals surface area contributed by atoms with Gasteiger partial charge < -0.3 is 34.1 Å². The Morgan fingerprint density at radius 3 is 2.09 bits per heavy atom. The van der Waals surface area contributed by atoms with E-state index in [2.05, 4.69) is 95.7 Å². The highest BCUT2D eigenvalue weighted by Crippen LogP contribution is 2.39. The van der Waals surface area contributed by atoms with Crippen LogP contribution in [0.2, 0.25) is 5.02 Å². The third-order valence-corrected chi connectivity index (χ3v) is 13.2. The van der Waals surface area contributed by atoms with Gasteiger partial charge in [0, 0.05) is 80.8 Å². The number of carbonyl (C=O) groups is 1. The Hall–Kier alpha value is -4.77. The molecule has 0 fully saturated rings. The fourth-order valence-electron chi connectivity index (χ4n) is 7.44. The van der Waals surface area contributed by atoms with Gasteiger partial charge in [0.15, 0.2) is 0 Å². The van der Waals surface area contributed by atoms with E-state index in [1.54, 1.807) is 34.5 Å². The van der Waals surface area contributed by atoms with Crippen LogP contribution < -0.4 is 15.5 Å². The van der Waals surface area contributed by atoms with Crippen molar-refractivity contribution >= 4 is 84.4 Å². The van der Waals surface area contributed by atoms with Crippen molar-refractivity contribution in [1.29, 1.82) is 10.8 Å². The van der Waals surface area contributed by atoms with E-state index < -0.39 is 0 Å². The van der Waals surface area contributed by atoms with Crippen molar-refractivity contribution in [2.45, 2.75) is 54.6 Å². The van der Waals surface area contributed by atoms with Gasteiger partial charge in [0.2, 0.25) is 5.91 Å². The van der Waals surface area contributed by atoms with E-state index in [9.17, 15) is 4.79 Å². The summed E-state index contributed by atoms with van der Waals surface area (Å²) in [6.45, 7) is 19.3. The normalized spacial score (nSPS) is 12.6. The molecule has 0 saturated heterocycles. The molecule has 340 valence electrons. The zero-order valence-electron chi connectivity index (χ0n) is 37.7. The lowest BCUT2D eigenvalue weighted by molar-refractivity contribution is -0.119. The summed E-state index contributed by atoms with van der Waals surface area (Å²) in [5, 5.41) is 28.9. The smallest absolute Gasteiger partial charge is 0.216 e. The lowest BCUT2D eigenvalue weighted by Crippen LogP contribution is -2.35. The van der Waals surface area contributed by atoms with Gasteiger partial charge in [0.05, 0.1) is 65.1 Å².